The van der Waals surface area contributed by atoms with E-state index in [0.29, 0.717) is 6.54 Å². The summed E-state index contributed by atoms with van der Waals surface area (Å²) in [6, 6.07) is 7.58. The van der Waals surface area contributed by atoms with Crippen LogP contribution in [0.15, 0.2) is 72.5 Å². The van der Waals surface area contributed by atoms with E-state index in [1.165, 1.54) is 0 Å². The van der Waals surface area contributed by atoms with Gasteiger partial charge in [-0.05, 0) is 30.3 Å². The zero-order chi connectivity index (χ0) is 15.2. The summed E-state index contributed by atoms with van der Waals surface area (Å²) in [5.41, 5.74) is 8.53. The maximum atomic E-state index is 5.79. The first-order chi connectivity index (χ1) is 10.9. The quantitative estimate of drug-likeness (QED) is 0.905. The minimum Gasteiger partial charge on any atom is -0.403 e. The fourth-order valence-corrected chi connectivity index (χ4v) is 2.12. The third kappa shape index (κ3) is 3.12. The normalized spacial score (nSPS) is 14.6. The van der Waals surface area contributed by atoms with E-state index < -0.39 is 0 Å². The van der Waals surface area contributed by atoms with E-state index in [4.69, 9.17) is 5.73 Å². The number of anilines is 1. The molecule has 0 aliphatic carbocycles. The molecule has 0 spiro atoms. The minimum atomic E-state index is 0.660. The van der Waals surface area contributed by atoms with Gasteiger partial charge in [-0.15, -0.1) is 0 Å². The second-order valence-corrected chi connectivity index (χ2v) is 4.62. The molecule has 3 rings (SSSR count). The van der Waals surface area contributed by atoms with Gasteiger partial charge in [0.05, 0.1) is 12.2 Å². The summed E-state index contributed by atoms with van der Waals surface area (Å²) in [5.74, 6) is 0.742. The molecule has 2 aromatic heterocycles. The second kappa shape index (κ2) is 6.53. The van der Waals surface area contributed by atoms with Crippen LogP contribution in [0.2, 0.25) is 0 Å². The molecule has 3 N–H and O–H groups in total. The smallest absolute Gasteiger partial charge is 0.150 e. The van der Waals surface area contributed by atoms with Crippen LogP contribution in [-0.2, 0) is 0 Å². The first-order valence-corrected chi connectivity index (χ1v) is 6.89. The molecule has 0 atom stereocenters. The van der Waals surface area contributed by atoms with Gasteiger partial charge in [0.1, 0.15) is 0 Å². The summed E-state index contributed by atoms with van der Waals surface area (Å²) in [5, 5.41) is 9.68. The number of hydrogen-bond acceptors (Lipinski definition) is 6. The Morgan fingerprint density at radius 2 is 1.77 bits per heavy atom. The second-order valence-electron chi connectivity index (χ2n) is 4.62. The van der Waals surface area contributed by atoms with E-state index >= 15 is 0 Å². The van der Waals surface area contributed by atoms with Crippen molar-refractivity contribution >= 4 is 17.2 Å². The zero-order valence-corrected chi connectivity index (χ0v) is 11.9. The average Bonchev–Trinajstić information content (AvgIpc) is 2.58. The summed E-state index contributed by atoms with van der Waals surface area (Å²) in [6.07, 6.45) is 12.5. The molecule has 1 aliphatic rings. The number of nitrogens with zero attached hydrogens (tertiary/aromatic N) is 4. The Labute approximate surface area is 128 Å². The van der Waals surface area contributed by atoms with E-state index in [1.54, 1.807) is 31.0 Å². The lowest BCUT2D eigenvalue weighted by molar-refractivity contribution is 0.463. The van der Waals surface area contributed by atoms with Crippen molar-refractivity contribution in [2.75, 3.05) is 11.9 Å². The van der Waals surface area contributed by atoms with Crippen molar-refractivity contribution in [3.63, 3.8) is 0 Å². The van der Waals surface area contributed by atoms with Gasteiger partial charge >= 0.3 is 0 Å². The maximum absolute atomic E-state index is 5.79. The van der Waals surface area contributed by atoms with Gasteiger partial charge in [-0.3, -0.25) is 15.0 Å². The first-order valence-electron chi connectivity index (χ1n) is 6.89. The zero-order valence-electron chi connectivity index (χ0n) is 11.9. The van der Waals surface area contributed by atoms with Gasteiger partial charge in [0.25, 0.3) is 0 Å². The number of nitrogens with two attached hydrogens (primary N) is 1. The molecule has 0 radical (unpaired) electrons. The molecule has 0 fully saturated rings. The predicted octanol–water partition coefficient (Wildman–Crippen LogP) is 2.03. The van der Waals surface area contributed by atoms with Gasteiger partial charge < -0.3 is 11.1 Å². The Morgan fingerprint density at radius 3 is 2.45 bits per heavy atom. The topological polar surface area (TPSA) is 79.4 Å². The molecular formula is C16H16N6. The third-order valence-electron chi connectivity index (χ3n) is 3.15. The van der Waals surface area contributed by atoms with Crippen LogP contribution >= 0.6 is 0 Å². The van der Waals surface area contributed by atoms with Gasteiger partial charge in [-0.1, -0.05) is 6.08 Å². The highest BCUT2D eigenvalue weighted by atomic mass is 15.5. The van der Waals surface area contributed by atoms with Crippen LogP contribution in [0.25, 0.3) is 5.70 Å². The molecule has 3 heterocycles. The predicted molar refractivity (Wildman–Crippen MR) is 87.5 cm³/mol. The molecule has 110 valence electrons. The number of hydrazone groups is 1. The van der Waals surface area contributed by atoms with Crippen LogP contribution in [0, 0.1) is 0 Å². The number of amidine groups is 1. The monoisotopic (exact) mass is 292 g/mol. The molecule has 22 heavy (non-hydrogen) atoms. The van der Waals surface area contributed by atoms with Gasteiger partial charge in [-0.2, -0.15) is 5.10 Å². The summed E-state index contributed by atoms with van der Waals surface area (Å²) < 4.78 is 0. The van der Waals surface area contributed by atoms with Gasteiger partial charge in [0.2, 0.25) is 0 Å². The highest BCUT2D eigenvalue weighted by Crippen LogP contribution is 2.20. The Balaban J connectivity index is 1.81. The summed E-state index contributed by atoms with van der Waals surface area (Å²) in [7, 11) is 0. The van der Waals surface area contributed by atoms with Crippen LogP contribution < -0.4 is 11.1 Å². The van der Waals surface area contributed by atoms with Crippen LogP contribution in [0.4, 0.5) is 5.69 Å². The molecule has 1 aliphatic heterocycles. The number of pyridine rings is 2. The van der Waals surface area contributed by atoms with Crippen LogP contribution in [0.1, 0.15) is 5.56 Å². The van der Waals surface area contributed by atoms with Crippen molar-refractivity contribution in [3.8, 4) is 0 Å². The molecule has 0 saturated heterocycles. The highest BCUT2D eigenvalue weighted by Gasteiger charge is 2.13. The van der Waals surface area contributed by atoms with Crippen LogP contribution in [-0.4, -0.2) is 27.4 Å². The minimum absolute atomic E-state index is 0.660. The third-order valence-corrected chi connectivity index (χ3v) is 3.15. The lowest BCUT2D eigenvalue weighted by Crippen LogP contribution is -2.25. The number of hydrogen-bond donors (Lipinski definition) is 2. The molecule has 0 saturated carbocycles. The van der Waals surface area contributed by atoms with E-state index in [-0.39, 0.29) is 0 Å². The lowest BCUT2D eigenvalue weighted by Gasteiger charge is -2.24. The average molecular weight is 292 g/mol. The number of nitrogens with one attached hydrogen (secondary N) is 1. The molecule has 0 bridgehead atoms. The van der Waals surface area contributed by atoms with E-state index in [9.17, 15) is 0 Å². The first kappa shape index (κ1) is 13.8. The van der Waals surface area contributed by atoms with Crippen LogP contribution in [0.5, 0.6) is 0 Å². The number of rotatable bonds is 3. The Morgan fingerprint density at radius 1 is 1.09 bits per heavy atom. The maximum Gasteiger partial charge on any atom is 0.150 e. The Kier molecular flexibility index (Phi) is 4.10. The summed E-state index contributed by atoms with van der Waals surface area (Å²) in [4.78, 5) is 8.02. The molecule has 0 amide bonds. The van der Waals surface area contributed by atoms with E-state index in [1.807, 2.05) is 41.4 Å². The van der Waals surface area contributed by atoms with Gasteiger partial charge in [-0.25, -0.2) is 0 Å². The van der Waals surface area contributed by atoms with Crippen molar-refractivity contribution in [1.82, 2.24) is 15.0 Å². The highest BCUT2D eigenvalue weighted by molar-refractivity contribution is 6.04. The SMILES string of the molecule is N/C=C(/c1ccncc1)N1CC=CC(Nc2ccncc2)=N1. The molecule has 2 aromatic rings. The summed E-state index contributed by atoms with van der Waals surface area (Å²) >= 11 is 0. The van der Waals surface area contributed by atoms with Gasteiger partial charge in [0.15, 0.2) is 5.84 Å². The molecular weight excluding hydrogens is 276 g/mol. The van der Waals surface area contributed by atoms with Gasteiger partial charge in [0, 0.05) is 42.2 Å². The standard InChI is InChI=1S/C16H16N6/c17-12-15(13-3-7-18-8-4-13)22-11-1-2-16(21-22)20-14-5-9-19-10-6-14/h1-10,12H,11,17H2,(H,19,20,21)/b15-12-. The van der Waals surface area contributed by atoms with E-state index in [0.717, 1.165) is 22.8 Å². The largest absolute Gasteiger partial charge is 0.403 e. The molecule has 6 nitrogen and oxygen atoms in total. The number of aromatic nitrogens is 2. The van der Waals surface area contributed by atoms with E-state index in [2.05, 4.69) is 20.4 Å². The fourth-order valence-electron chi connectivity index (χ4n) is 2.12. The molecule has 0 unspecified atom stereocenters. The lowest BCUT2D eigenvalue weighted by atomic mass is 10.2. The van der Waals surface area contributed by atoms with Crippen molar-refractivity contribution in [3.05, 3.63) is 73.0 Å². The van der Waals surface area contributed by atoms with Crippen molar-refractivity contribution < 1.29 is 0 Å². The fraction of sp³-hybridized carbons (Fsp3) is 0.0625. The molecule has 0 aromatic carbocycles. The Bertz CT molecular complexity index is 706. The van der Waals surface area contributed by atoms with Crippen LogP contribution in [0.3, 0.4) is 0 Å². The molecule has 6 heteroatoms. The van der Waals surface area contributed by atoms with Crippen molar-refractivity contribution in [2.24, 2.45) is 10.8 Å². The van der Waals surface area contributed by atoms with Crippen molar-refractivity contribution in [2.45, 2.75) is 0 Å². The van der Waals surface area contributed by atoms with Crippen molar-refractivity contribution in [1.29, 1.82) is 0 Å². The summed E-state index contributed by atoms with van der Waals surface area (Å²) in [6.45, 7) is 0.660. The Hall–Kier alpha value is -3.15.